The second-order valence-electron chi connectivity index (χ2n) is 14.7. The van der Waals surface area contributed by atoms with Crippen LogP contribution in [0.4, 0.5) is 0 Å². The van der Waals surface area contributed by atoms with E-state index in [2.05, 4.69) is 99.9 Å². The predicted molar refractivity (Wildman–Crippen MR) is 177 cm³/mol. The maximum absolute atomic E-state index is 10.00. The molecule has 0 bridgehead atoms. The summed E-state index contributed by atoms with van der Waals surface area (Å²) < 4.78 is 0. The van der Waals surface area contributed by atoms with Crippen LogP contribution in [-0.2, 0) is 10.8 Å². The van der Waals surface area contributed by atoms with Gasteiger partial charge in [0.1, 0.15) is 0 Å². The number of rotatable bonds is 8. The zero-order valence-corrected chi connectivity index (χ0v) is 28.1. The average Bonchev–Trinajstić information content (AvgIpc) is 2.88. The van der Waals surface area contributed by atoms with E-state index >= 15 is 0 Å². The maximum atomic E-state index is 10.00. The first kappa shape index (κ1) is 35.8. The SMILES string of the molecule is Cc1ccc(C(C)(C)CCN2CCC(C)(O)CC2)cc1.Cc1ccc(C(C)(C)CCN2CCC(C)(O)CC2)cc1.Cl. The average molecular weight is 587 g/mol. The van der Waals surface area contributed by atoms with Crippen molar-refractivity contribution in [2.24, 2.45) is 0 Å². The van der Waals surface area contributed by atoms with Gasteiger partial charge in [-0.1, -0.05) is 87.4 Å². The van der Waals surface area contributed by atoms with Crippen LogP contribution in [0.15, 0.2) is 48.5 Å². The van der Waals surface area contributed by atoms with E-state index in [9.17, 15) is 10.2 Å². The summed E-state index contributed by atoms with van der Waals surface area (Å²) >= 11 is 0. The molecule has 4 rings (SSSR count). The summed E-state index contributed by atoms with van der Waals surface area (Å²) in [4.78, 5) is 4.99. The standard InChI is InChI=1S/2C18H29NO.ClH/c2*1-15-5-7-16(8-6-15)17(2,3)9-12-19-13-10-18(4,20)11-14-19;/h2*5-8,20H,9-14H2,1-4H3;1H. The van der Waals surface area contributed by atoms with E-state index in [-0.39, 0.29) is 23.2 Å². The van der Waals surface area contributed by atoms with E-state index in [0.29, 0.717) is 0 Å². The first-order valence-corrected chi connectivity index (χ1v) is 15.6. The molecule has 2 N–H and O–H groups in total. The summed E-state index contributed by atoms with van der Waals surface area (Å²) in [6.45, 7) is 23.9. The lowest BCUT2D eigenvalue weighted by atomic mass is 9.81. The summed E-state index contributed by atoms with van der Waals surface area (Å²) in [5.41, 5.74) is 5.04. The van der Waals surface area contributed by atoms with Gasteiger partial charge in [-0.2, -0.15) is 0 Å². The van der Waals surface area contributed by atoms with Crippen molar-refractivity contribution in [2.75, 3.05) is 39.3 Å². The van der Waals surface area contributed by atoms with Crippen molar-refractivity contribution >= 4 is 12.4 Å². The van der Waals surface area contributed by atoms with Crippen LogP contribution < -0.4 is 0 Å². The molecule has 2 aromatic rings. The van der Waals surface area contributed by atoms with Gasteiger partial charge in [0, 0.05) is 26.2 Å². The Balaban J connectivity index is 0.000000280. The van der Waals surface area contributed by atoms with Crippen molar-refractivity contribution < 1.29 is 10.2 Å². The Morgan fingerprint density at radius 3 is 1.12 bits per heavy atom. The molecule has 2 aromatic carbocycles. The van der Waals surface area contributed by atoms with Gasteiger partial charge in [-0.3, -0.25) is 0 Å². The van der Waals surface area contributed by atoms with Crippen molar-refractivity contribution in [2.45, 2.75) is 116 Å². The Morgan fingerprint density at radius 1 is 0.585 bits per heavy atom. The molecule has 2 aliphatic heterocycles. The van der Waals surface area contributed by atoms with Crippen LogP contribution in [-0.4, -0.2) is 70.5 Å². The third-order valence-electron chi connectivity index (χ3n) is 9.64. The number of piperidine rings is 2. The number of aryl methyl sites for hydroxylation is 2. The van der Waals surface area contributed by atoms with Gasteiger partial charge in [0.2, 0.25) is 0 Å². The minimum absolute atomic E-state index is 0. The van der Waals surface area contributed by atoms with Gasteiger partial charge in [-0.25, -0.2) is 0 Å². The molecule has 2 saturated heterocycles. The number of nitrogens with zero attached hydrogens (tertiary/aromatic N) is 2. The lowest BCUT2D eigenvalue weighted by Crippen LogP contribution is -2.43. The summed E-state index contributed by atoms with van der Waals surface area (Å²) in [5, 5.41) is 20.0. The molecular formula is C36H59ClN2O2. The van der Waals surface area contributed by atoms with E-state index in [1.807, 2.05) is 13.8 Å². The highest BCUT2D eigenvalue weighted by Gasteiger charge is 2.30. The van der Waals surface area contributed by atoms with Crippen LogP contribution in [0.3, 0.4) is 0 Å². The highest BCUT2D eigenvalue weighted by atomic mass is 35.5. The fourth-order valence-electron chi connectivity index (χ4n) is 5.69. The number of aliphatic hydroxyl groups is 2. The zero-order valence-electron chi connectivity index (χ0n) is 27.3. The van der Waals surface area contributed by atoms with Crippen molar-refractivity contribution in [3.8, 4) is 0 Å². The predicted octanol–water partition coefficient (Wildman–Crippen LogP) is 7.44. The van der Waals surface area contributed by atoms with Gasteiger partial charge < -0.3 is 20.0 Å². The number of hydrogen-bond acceptors (Lipinski definition) is 4. The third-order valence-corrected chi connectivity index (χ3v) is 9.64. The molecule has 41 heavy (non-hydrogen) atoms. The Morgan fingerprint density at radius 2 is 0.854 bits per heavy atom. The van der Waals surface area contributed by atoms with Crippen molar-refractivity contribution in [3.05, 3.63) is 70.8 Å². The molecule has 0 aromatic heterocycles. The normalized spacial score (nSPS) is 19.6. The highest BCUT2D eigenvalue weighted by Crippen LogP contribution is 2.30. The molecule has 0 radical (unpaired) electrons. The van der Waals surface area contributed by atoms with Crippen LogP contribution in [0.25, 0.3) is 0 Å². The molecule has 2 aliphatic rings. The molecule has 0 saturated carbocycles. The lowest BCUT2D eigenvalue weighted by Gasteiger charge is -2.37. The van der Waals surface area contributed by atoms with Gasteiger partial charge in [0.25, 0.3) is 0 Å². The largest absolute Gasteiger partial charge is 0.390 e. The van der Waals surface area contributed by atoms with E-state index < -0.39 is 11.2 Å². The van der Waals surface area contributed by atoms with Gasteiger partial charge in [-0.15, -0.1) is 12.4 Å². The van der Waals surface area contributed by atoms with E-state index in [1.54, 1.807) is 0 Å². The number of benzene rings is 2. The minimum atomic E-state index is -0.441. The summed E-state index contributed by atoms with van der Waals surface area (Å²) in [7, 11) is 0. The third kappa shape index (κ3) is 11.6. The minimum Gasteiger partial charge on any atom is -0.390 e. The monoisotopic (exact) mass is 586 g/mol. The van der Waals surface area contributed by atoms with Crippen molar-refractivity contribution in [3.63, 3.8) is 0 Å². The molecule has 5 heteroatoms. The zero-order chi connectivity index (χ0) is 29.6. The van der Waals surface area contributed by atoms with Crippen LogP contribution in [0.5, 0.6) is 0 Å². The van der Waals surface area contributed by atoms with Crippen LogP contribution >= 0.6 is 12.4 Å². The highest BCUT2D eigenvalue weighted by molar-refractivity contribution is 5.85. The molecule has 0 aliphatic carbocycles. The first-order chi connectivity index (χ1) is 18.6. The Labute approximate surface area is 258 Å². The summed E-state index contributed by atoms with van der Waals surface area (Å²) in [6, 6.07) is 17.9. The lowest BCUT2D eigenvalue weighted by molar-refractivity contribution is -0.00688. The van der Waals surface area contributed by atoms with E-state index in [0.717, 1.165) is 77.8 Å². The fraction of sp³-hybridized carbons (Fsp3) is 0.667. The molecule has 2 heterocycles. The fourth-order valence-corrected chi connectivity index (χ4v) is 5.69. The molecule has 2 fully saturated rings. The molecule has 0 unspecified atom stereocenters. The van der Waals surface area contributed by atoms with Crippen LogP contribution in [0, 0.1) is 13.8 Å². The van der Waals surface area contributed by atoms with Gasteiger partial charge >= 0.3 is 0 Å². The quantitative estimate of drug-likeness (QED) is 0.337. The summed E-state index contributed by atoms with van der Waals surface area (Å²) in [5.74, 6) is 0. The Bertz CT molecular complexity index is 939. The Hall–Kier alpha value is -1.43. The van der Waals surface area contributed by atoms with Gasteiger partial charge in [0.15, 0.2) is 0 Å². The van der Waals surface area contributed by atoms with Crippen molar-refractivity contribution in [1.29, 1.82) is 0 Å². The van der Waals surface area contributed by atoms with Gasteiger partial charge in [-0.05, 0) is 101 Å². The van der Waals surface area contributed by atoms with Crippen LogP contribution in [0.2, 0.25) is 0 Å². The molecule has 232 valence electrons. The van der Waals surface area contributed by atoms with E-state index in [1.165, 1.54) is 22.3 Å². The number of halogens is 1. The molecule has 0 spiro atoms. The molecule has 4 nitrogen and oxygen atoms in total. The second-order valence-corrected chi connectivity index (χ2v) is 14.7. The molecule has 0 amide bonds. The summed E-state index contributed by atoms with van der Waals surface area (Å²) in [6.07, 6.45) is 5.93. The molecule has 0 atom stereocenters. The van der Waals surface area contributed by atoms with Crippen LogP contribution in [0.1, 0.15) is 102 Å². The van der Waals surface area contributed by atoms with E-state index in [4.69, 9.17) is 0 Å². The second kappa shape index (κ2) is 14.8. The molecular weight excluding hydrogens is 528 g/mol. The first-order valence-electron chi connectivity index (χ1n) is 15.6. The van der Waals surface area contributed by atoms with Gasteiger partial charge in [0.05, 0.1) is 11.2 Å². The number of hydrogen-bond donors (Lipinski definition) is 2. The topological polar surface area (TPSA) is 46.9 Å². The maximum Gasteiger partial charge on any atom is 0.0644 e. The van der Waals surface area contributed by atoms with Crippen molar-refractivity contribution in [1.82, 2.24) is 9.80 Å². The Kier molecular flexibility index (Phi) is 12.9. The smallest absolute Gasteiger partial charge is 0.0644 e. The number of likely N-dealkylation sites (tertiary alicyclic amines) is 2.